The monoisotopic (exact) mass is 393 g/mol. The number of rotatable bonds is 7. The molecule has 0 bridgehead atoms. The number of urea groups is 1. The lowest BCUT2D eigenvalue weighted by Crippen LogP contribution is -2.35. The van der Waals surface area contributed by atoms with E-state index in [9.17, 15) is 4.79 Å². The van der Waals surface area contributed by atoms with Crippen molar-refractivity contribution in [3.8, 4) is 0 Å². The first-order valence-corrected chi connectivity index (χ1v) is 11.9. The highest BCUT2D eigenvalue weighted by Crippen LogP contribution is 2.45. The third-order valence-electron chi connectivity index (χ3n) is 4.97. The minimum atomic E-state index is -0.0968. The number of thioether (sulfide) groups is 2. The Bertz CT molecular complexity index is 578. The zero-order chi connectivity index (χ0) is 18.2. The van der Waals surface area contributed by atoms with Crippen LogP contribution < -0.4 is 10.6 Å². The summed E-state index contributed by atoms with van der Waals surface area (Å²) in [4.78, 5) is 14.7. The molecule has 2 fully saturated rings. The normalized spacial score (nSPS) is 21.7. The minimum Gasteiger partial charge on any atom is -0.338 e. The number of nitrogens with zero attached hydrogens (tertiary/aromatic N) is 1. The van der Waals surface area contributed by atoms with Gasteiger partial charge in [-0.15, -0.1) is 23.5 Å². The number of benzene rings is 1. The summed E-state index contributed by atoms with van der Waals surface area (Å²) in [6.07, 6.45) is 4.89. The molecule has 26 heavy (non-hydrogen) atoms. The molecule has 0 spiro atoms. The number of likely N-dealkylation sites (tertiary alicyclic amines) is 1. The van der Waals surface area contributed by atoms with Crippen LogP contribution in [0, 0.1) is 5.92 Å². The molecule has 1 atom stereocenters. The zero-order valence-corrected chi connectivity index (χ0v) is 17.3. The fraction of sp³-hybridized carbons (Fsp3) is 0.650. The van der Waals surface area contributed by atoms with Crippen molar-refractivity contribution in [2.45, 2.75) is 37.2 Å². The van der Waals surface area contributed by atoms with E-state index >= 15 is 0 Å². The van der Waals surface area contributed by atoms with Gasteiger partial charge in [0, 0.05) is 30.3 Å². The highest BCUT2D eigenvalue weighted by molar-refractivity contribution is 8.19. The molecule has 2 saturated heterocycles. The molecule has 2 aliphatic rings. The summed E-state index contributed by atoms with van der Waals surface area (Å²) in [5, 5.41) is 5.96. The Kier molecular flexibility index (Phi) is 8.02. The average molecular weight is 394 g/mol. The van der Waals surface area contributed by atoms with Gasteiger partial charge in [-0.05, 0) is 62.4 Å². The molecule has 144 valence electrons. The van der Waals surface area contributed by atoms with Gasteiger partial charge in [0.1, 0.15) is 0 Å². The Labute approximate surface area is 166 Å². The number of amides is 2. The fourth-order valence-corrected chi connectivity index (χ4v) is 6.48. The molecule has 2 amide bonds. The number of anilines is 1. The topological polar surface area (TPSA) is 44.4 Å². The maximum atomic E-state index is 12.1. The van der Waals surface area contributed by atoms with Crippen LogP contribution >= 0.6 is 23.5 Å². The summed E-state index contributed by atoms with van der Waals surface area (Å²) in [6.45, 7) is 6.72. The Morgan fingerprint density at radius 1 is 1.27 bits per heavy atom. The summed E-state index contributed by atoms with van der Waals surface area (Å²) < 4.78 is 0.511. The van der Waals surface area contributed by atoms with Crippen LogP contribution in [0.2, 0.25) is 0 Å². The van der Waals surface area contributed by atoms with Crippen LogP contribution in [0.5, 0.6) is 0 Å². The van der Waals surface area contributed by atoms with Crippen molar-refractivity contribution in [1.29, 1.82) is 0 Å². The van der Waals surface area contributed by atoms with Crippen molar-refractivity contribution < 1.29 is 4.79 Å². The number of carbonyl (C=O) groups excluding carboxylic acids is 1. The average Bonchev–Trinajstić information content (AvgIpc) is 3.16. The van der Waals surface area contributed by atoms with Gasteiger partial charge in [-0.2, -0.15) is 0 Å². The third kappa shape index (κ3) is 6.39. The van der Waals surface area contributed by atoms with Gasteiger partial charge in [0.05, 0.1) is 4.58 Å². The van der Waals surface area contributed by atoms with Crippen LogP contribution in [0.25, 0.3) is 0 Å². The summed E-state index contributed by atoms with van der Waals surface area (Å²) in [5.74, 6) is 3.26. The van der Waals surface area contributed by atoms with Gasteiger partial charge in [0.15, 0.2) is 0 Å². The summed E-state index contributed by atoms with van der Waals surface area (Å²) in [6, 6.07) is 8.16. The van der Waals surface area contributed by atoms with E-state index in [-0.39, 0.29) is 6.03 Å². The van der Waals surface area contributed by atoms with E-state index in [2.05, 4.69) is 34.6 Å². The van der Waals surface area contributed by atoms with Crippen LogP contribution in [0.1, 0.15) is 42.8 Å². The predicted octanol–water partition coefficient (Wildman–Crippen LogP) is 4.80. The van der Waals surface area contributed by atoms with Gasteiger partial charge in [0.2, 0.25) is 0 Å². The van der Waals surface area contributed by atoms with Crippen LogP contribution in [0.4, 0.5) is 10.5 Å². The van der Waals surface area contributed by atoms with Crippen molar-refractivity contribution in [3.63, 3.8) is 0 Å². The lowest BCUT2D eigenvalue weighted by molar-refractivity contribution is 0.181. The number of hydrogen-bond donors (Lipinski definition) is 2. The molecule has 1 aromatic rings. The van der Waals surface area contributed by atoms with E-state index in [4.69, 9.17) is 0 Å². The smallest absolute Gasteiger partial charge is 0.319 e. The first-order chi connectivity index (χ1) is 12.7. The van der Waals surface area contributed by atoms with Crippen LogP contribution in [-0.4, -0.2) is 48.6 Å². The molecule has 4 nitrogen and oxygen atoms in total. The Balaban J connectivity index is 1.32. The van der Waals surface area contributed by atoms with E-state index in [0.29, 0.717) is 4.58 Å². The van der Waals surface area contributed by atoms with Gasteiger partial charge >= 0.3 is 6.03 Å². The van der Waals surface area contributed by atoms with Gasteiger partial charge < -0.3 is 15.5 Å². The van der Waals surface area contributed by atoms with Crippen LogP contribution in [-0.2, 0) is 0 Å². The second-order valence-electron chi connectivity index (χ2n) is 7.33. The maximum absolute atomic E-state index is 12.1. The van der Waals surface area contributed by atoms with Gasteiger partial charge in [-0.3, -0.25) is 0 Å². The van der Waals surface area contributed by atoms with Crippen molar-refractivity contribution in [1.82, 2.24) is 10.2 Å². The van der Waals surface area contributed by atoms with E-state index < -0.39 is 0 Å². The number of piperidine rings is 1. The van der Waals surface area contributed by atoms with Crippen LogP contribution in [0.15, 0.2) is 24.3 Å². The zero-order valence-electron chi connectivity index (χ0n) is 15.7. The summed E-state index contributed by atoms with van der Waals surface area (Å²) >= 11 is 3.97. The molecule has 2 heterocycles. The molecule has 0 aliphatic carbocycles. The molecule has 0 saturated carbocycles. The molecular weight excluding hydrogens is 362 g/mol. The van der Waals surface area contributed by atoms with Gasteiger partial charge in [-0.1, -0.05) is 19.1 Å². The van der Waals surface area contributed by atoms with Gasteiger partial charge in [-0.25, -0.2) is 4.79 Å². The molecule has 6 heteroatoms. The molecule has 1 aromatic carbocycles. The number of carbonyl (C=O) groups is 1. The minimum absolute atomic E-state index is 0.0968. The first kappa shape index (κ1) is 19.9. The molecule has 3 rings (SSSR count). The SMILES string of the molecule is CC1CCCN(CCCCNC(=O)Nc2cccc(C3SCCS3)c2)C1. The molecule has 2 aliphatic heterocycles. The van der Waals surface area contributed by atoms with Crippen molar-refractivity contribution in [2.24, 2.45) is 5.92 Å². The first-order valence-electron chi connectivity index (χ1n) is 9.81. The van der Waals surface area contributed by atoms with E-state index in [1.54, 1.807) is 0 Å². The summed E-state index contributed by atoms with van der Waals surface area (Å²) in [5.41, 5.74) is 2.18. The molecule has 0 aromatic heterocycles. The maximum Gasteiger partial charge on any atom is 0.319 e. The second kappa shape index (κ2) is 10.5. The lowest BCUT2D eigenvalue weighted by Gasteiger charge is -2.30. The van der Waals surface area contributed by atoms with Gasteiger partial charge in [0.25, 0.3) is 0 Å². The summed E-state index contributed by atoms with van der Waals surface area (Å²) in [7, 11) is 0. The number of hydrogen-bond acceptors (Lipinski definition) is 4. The second-order valence-corrected chi connectivity index (χ2v) is 10.1. The Morgan fingerprint density at radius 3 is 2.92 bits per heavy atom. The van der Waals surface area contributed by atoms with Crippen molar-refractivity contribution in [2.75, 3.05) is 43.0 Å². The molecular formula is C20H31N3OS2. The highest BCUT2D eigenvalue weighted by Gasteiger charge is 2.18. The van der Waals surface area contributed by atoms with Crippen molar-refractivity contribution >= 4 is 35.2 Å². The number of unbranched alkanes of at least 4 members (excludes halogenated alkanes) is 1. The Morgan fingerprint density at radius 2 is 2.12 bits per heavy atom. The fourth-order valence-electron chi connectivity index (χ4n) is 3.64. The number of nitrogens with one attached hydrogen (secondary N) is 2. The molecule has 0 radical (unpaired) electrons. The largest absolute Gasteiger partial charge is 0.338 e. The van der Waals surface area contributed by atoms with Crippen molar-refractivity contribution in [3.05, 3.63) is 29.8 Å². The third-order valence-corrected chi connectivity index (χ3v) is 8.07. The van der Waals surface area contributed by atoms with E-state index in [1.807, 2.05) is 35.7 Å². The molecule has 2 N–H and O–H groups in total. The van der Waals surface area contributed by atoms with E-state index in [0.717, 1.165) is 37.5 Å². The predicted molar refractivity (Wildman–Crippen MR) is 115 cm³/mol. The van der Waals surface area contributed by atoms with E-state index in [1.165, 1.54) is 43.0 Å². The lowest BCUT2D eigenvalue weighted by atomic mass is 10.0. The highest BCUT2D eigenvalue weighted by atomic mass is 32.2. The van der Waals surface area contributed by atoms with Crippen LogP contribution in [0.3, 0.4) is 0 Å². The standard InChI is InChI=1S/C20H31N3OS2/c1-16-6-5-11-23(15-16)10-3-2-9-21-20(24)22-18-8-4-7-17(14-18)19-25-12-13-26-19/h4,7-8,14,16,19H,2-3,5-6,9-13,15H2,1H3,(H2,21,22,24). The quantitative estimate of drug-likeness (QED) is 0.653. The molecule has 1 unspecified atom stereocenters. The Hall–Kier alpha value is -0.850.